The third-order valence-electron chi connectivity index (χ3n) is 6.29. The van der Waals surface area contributed by atoms with E-state index in [9.17, 15) is 18.0 Å². The highest BCUT2D eigenvalue weighted by Gasteiger charge is 2.33. The van der Waals surface area contributed by atoms with Crippen molar-refractivity contribution in [1.82, 2.24) is 9.62 Å². The van der Waals surface area contributed by atoms with Gasteiger partial charge in [-0.25, -0.2) is 17.9 Å². The van der Waals surface area contributed by atoms with Gasteiger partial charge >= 0.3 is 6.03 Å². The summed E-state index contributed by atoms with van der Waals surface area (Å²) in [7, 11) is -3.40. The Hall–Kier alpha value is -2.13. The van der Waals surface area contributed by atoms with Gasteiger partial charge in [0, 0.05) is 36.4 Å². The molecule has 1 aromatic carbocycles. The predicted molar refractivity (Wildman–Crippen MR) is 127 cm³/mol. The van der Waals surface area contributed by atoms with Crippen LogP contribution in [-0.4, -0.2) is 49.1 Å². The highest BCUT2D eigenvalue weighted by atomic mass is 32.2. The first kappa shape index (κ1) is 24.5. The number of nitrogens with zero attached hydrogens (tertiary/aromatic N) is 1. The first-order valence-electron chi connectivity index (χ1n) is 11.5. The Bertz CT molecular complexity index is 895. The first-order valence-corrected chi connectivity index (χ1v) is 13.0. The molecule has 1 saturated carbocycles. The average molecular weight is 465 g/mol. The maximum Gasteiger partial charge on any atom is 0.321 e. The lowest BCUT2D eigenvalue weighted by molar-refractivity contribution is -0.120. The molecule has 1 aliphatic carbocycles. The molecule has 0 atom stereocenters. The zero-order valence-electron chi connectivity index (χ0n) is 19.3. The standard InChI is InChI=1S/C23H36N4O4S/c1-23(2,3)32(30,31)26-20-13-15-27(16-14-20)22(29)25-19-11-9-18(10-12-19)24-21(28)17-7-5-4-6-8-17/h9-12,17,20,26H,4-8,13-16H2,1-3H3,(H,24,28)(H,25,29). The van der Waals surface area contributed by atoms with Gasteiger partial charge in [-0.1, -0.05) is 19.3 Å². The Morgan fingerprint density at radius 3 is 1.94 bits per heavy atom. The van der Waals surface area contributed by atoms with E-state index in [0.717, 1.165) is 31.4 Å². The normalized spacial score (nSPS) is 18.9. The van der Waals surface area contributed by atoms with Crippen LogP contribution in [0.4, 0.5) is 16.2 Å². The summed E-state index contributed by atoms with van der Waals surface area (Å²) < 4.78 is 26.6. The minimum atomic E-state index is -3.40. The van der Waals surface area contributed by atoms with Crippen LogP contribution >= 0.6 is 0 Å². The highest BCUT2D eigenvalue weighted by molar-refractivity contribution is 7.90. The Morgan fingerprint density at radius 1 is 0.875 bits per heavy atom. The van der Waals surface area contributed by atoms with Crippen LogP contribution in [0.25, 0.3) is 0 Å². The molecular weight excluding hydrogens is 428 g/mol. The number of carbonyl (C=O) groups excluding carboxylic acids is 2. The molecule has 8 nitrogen and oxygen atoms in total. The smallest absolute Gasteiger partial charge is 0.321 e. The Labute approximate surface area is 191 Å². The summed E-state index contributed by atoms with van der Waals surface area (Å²) in [5, 5.41) is 5.85. The summed E-state index contributed by atoms with van der Waals surface area (Å²) in [5.41, 5.74) is 1.38. The van der Waals surface area contributed by atoms with Crippen molar-refractivity contribution in [1.29, 1.82) is 0 Å². The summed E-state index contributed by atoms with van der Waals surface area (Å²) in [6, 6.07) is 6.78. The number of urea groups is 1. The molecule has 1 heterocycles. The van der Waals surface area contributed by atoms with Crippen LogP contribution in [0, 0.1) is 5.92 Å². The number of piperidine rings is 1. The van der Waals surface area contributed by atoms with Gasteiger partial charge in [0.2, 0.25) is 15.9 Å². The van der Waals surface area contributed by atoms with Crippen molar-refractivity contribution in [3.05, 3.63) is 24.3 Å². The lowest BCUT2D eigenvalue weighted by atomic mass is 9.88. The molecule has 3 N–H and O–H groups in total. The van der Waals surface area contributed by atoms with E-state index >= 15 is 0 Å². The summed E-state index contributed by atoms with van der Waals surface area (Å²) in [4.78, 5) is 26.7. The maximum atomic E-state index is 12.6. The molecule has 0 unspecified atom stereocenters. The van der Waals surface area contributed by atoms with Gasteiger partial charge in [0.05, 0.1) is 4.75 Å². The molecule has 0 aromatic heterocycles. The number of hydrogen-bond acceptors (Lipinski definition) is 4. The number of carbonyl (C=O) groups is 2. The zero-order valence-corrected chi connectivity index (χ0v) is 20.1. The number of likely N-dealkylation sites (tertiary alicyclic amines) is 1. The molecule has 0 radical (unpaired) electrons. The van der Waals surface area contributed by atoms with Crippen LogP contribution in [0.2, 0.25) is 0 Å². The molecule has 1 aromatic rings. The molecule has 32 heavy (non-hydrogen) atoms. The lowest BCUT2D eigenvalue weighted by Crippen LogP contribution is -2.50. The Kier molecular flexibility index (Phi) is 7.82. The molecule has 0 spiro atoms. The Morgan fingerprint density at radius 2 is 1.41 bits per heavy atom. The van der Waals surface area contributed by atoms with E-state index in [-0.39, 0.29) is 23.9 Å². The SMILES string of the molecule is CC(C)(C)S(=O)(=O)NC1CCN(C(=O)Nc2ccc(NC(=O)C3CCCCC3)cc2)CC1. The third-order valence-corrected chi connectivity index (χ3v) is 8.55. The molecule has 0 bridgehead atoms. The lowest BCUT2D eigenvalue weighted by Gasteiger charge is -2.33. The zero-order chi connectivity index (χ0) is 23.4. The second-order valence-corrected chi connectivity index (χ2v) is 12.3. The fourth-order valence-electron chi connectivity index (χ4n) is 4.05. The molecular formula is C23H36N4O4S. The van der Waals surface area contributed by atoms with Crippen molar-refractivity contribution in [2.75, 3.05) is 23.7 Å². The molecule has 3 amide bonds. The third kappa shape index (κ3) is 6.45. The minimum Gasteiger partial charge on any atom is -0.326 e. The van der Waals surface area contributed by atoms with Crippen molar-refractivity contribution in [2.45, 2.75) is 76.5 Å². The largest absolute Gasteiger partial charge is 0.326 e. The van der Waals surface area contributed by atoms with Crippen molar-refractivity contribution in [3.63, 3.8) is 0 Å². The molecule has 9 heteroatoms. The van der Waals surface area contributed by atoms with Gasteiger partial charge in [0.25, 0.3) is 0 Å². The van der Waals surface area contributed by atoms with Crippen LogP contribution in [0.15, 0.2) is 24.3 Å². The second-order valence-electron chi connectivity index (χ2n) is 9.83. The first-order chi connectivity index (χ1) is 15.0. The van der Waals surface area contributed by atoms with Gasteiger partial charge in [0.1, 0.15) is 0 Å². The van der Waals surface area contributed by atoms with Crippen LogP contribution in [0.5, 0.6) is 0 Å². The number of sulfonamides is 1. The van der Waals surface area contributed by atoms with Crippen molar-refractivity contribution >= 4 is 33.3 Å². The minimum absolute atomic E-state index is 0.0754. The summed E-state index contributed by atoms with van der Waals surface area (Å²) in [6.07, 6.45) is 6.50. The van der Waals surface area contributed by atoms with E-state index in [1.165, 1.54) is 6.42 Å². The van der Waals surface area contributed by atoms with Crippen molar-refractivity contribution < 1.29 is 18.0 Å². The number of benzene rings is 1. The van der Waals surface area contributed by atoms with Gasteiger partial charge in [-0.2, -0.15) is 0 Å². The van der Waals surface area contributed by atoms with Gasteiger partial charge in [-0.15, -0.1) is 0 Å². The molecule has 1 saturated heterocycles. The number of amides is 3. The van der Waals surface area contributed by atoms with E-state index in [1.807, 2.05) is 0 Å². The summed E-state index contributed by atoms with van der Waals surface area (Å²) >= 11 is 0. The molecule has 2 fully saturated rings. The quantitative estimate of drug-likeness (QED) is 0.614. The summed E-state index contributed by atoms with van der Waals surface area (Å²) in [6.45, 7) is 5.98. The molecule has 178 valence electrons. The van der Waals surface area contributed by atoms with Crippen molar-refractivity contribution in [2.24, 2.45) is 5.92 Å². The van der Waals surface area contributed by atoms with Gasteiger partial charge in [-0.05, 0) is 70.7 Å². The number of hydrogen-bond donors (Lipinski definition) is 3. The van der Waals surface area contributed by atoms with Crippen LogP contribution in [0.3, 0.4) is 0 Å². The average Bonchev–Trinajstić information content (AvgIpc) is 2.75. The van der Waals surface area contributed by atoms with Gasteiger partial charge in [-0.3, -0.25) is 4.79 Å². The van der Waals surface area contributed by atoms with E-state index in [1.54, 1.807) is 49.9 Å². The number of nitrogens with one attached hydrogen (secondary N) is 3. The number of rotatable bonds is 5. The van der Waals surface area contributed by atoms with E-state index < -0.39 is 14.8 Å². The molecule has 3 rings (SSSR count). The summed E-state index contributed by atoms with van der Waals surface area (Å²) in [5.74, 6) is 0.172. The second kappa shape index (κ2) is 10.2. The van der Waals surface area contributed by atoms with Gasteiger partial charge in [0.15, 0.2) is 0 Å². The van der Waals surface area contributed by atoms with Gasteiger partial charge < -0.3 is 15.5 Å². The van der Waals surface area contributed by atoms with Crippen molar-refractivity contribution in [3.8, 4) is 0 Å². The van der Waals surface area contributed by atoms with Crippen LogP contribution in [0.1, 0.15) is 65.7 Å². The Balaban J connectivity index is 1.45. The maximum absolute atomic E-state index is 12.6. The number of anilines is 2. The van der Waals surface area contributed by atoms with Crippen LogP contribution < -0.4 is 15.4 Å². The predicted octanol–water partition coefficient (Wildman–Crippen LogP) is 3.92. The monoisotopic (exact) mass is 464 g/mol. The fraction of sp³-hybridized carbons (Fsp3) is 0.652. The van der Waals surface area contributed by atoms with Crippen LogP contribution in [-0.2, 0) is 14.8 Å². The van der Waals surface area contributed by atoms with E-state index in [4.69, 9.17) is 0 Å². The topological polar surface area (TPSA) is 108 Å². The molecule has 1 aliphatic heterocycles. The molecule has 2 aliphatic rings. The van der Waals surface area contributed by atoms with E-state index in [2.05, 4.69) is 15.4 Å². The van der Waals surface area contributed by atoms with E-state index in [0.29, 0.717) is 31.6 Å². The highest BCUT2D eigenvalue weighted by Crippen LogP contribution is 2.25. The fourth-order valence-corrected chi connectivity index (χ4v) is 5.07.